The quantitative estimate of drug-likeness (QED) is 0.610. The molecule has 0 aliphatic carbocycles. The van der Waals surface area contributed by atoms with Gasteiger partial charge in [0.15, 0.2) is 0 Å². The monoisotopic (exact) mass is 368 g/mol. The first-order chi connectivity index (χ1) is 12.0. The minimum atomic E-state index is -3.80. The lowest BCUT2D eigenvalue weighted by Crippen LogP contribution is -2.49. The third kappa shape index (κ3) is 4.15. The zero-order valence-corrected chi connectivity index (χ0v) is 14.3. The fraction of sp³-hybridized carbons (Fsp3) is 0.467. The van der Waals surface area contributed by atoms with Crippen molar-refractivity contribution < 1.29 is 22.7 Å². The fourth-order valence-electron chi connectivity index (χ4n) is 2.67. The Morgan fingerprint density at radius 3 is 2.88 bits per heavy atom. The number of hydrogen-bond acceptors (Lipinski definition) is 6. The molecule has 0 saturated carbocycles. The van der Waals surface area contributed by atoms with Crippen LogP contribution < -0.4 is 16.0 Å². The minimum absolute atomic E-state index is 0.0350. The van der Waals surface area contributed by atoms with Crippen molar-refractivity contribution in [3.05, 3.63) is 24.3 Å². The minimum Gasteiger partial charge on any atom is -0.378 e. The molecule has 2 amide bonds. The molecule has 1 unspecified atom stereocenters. The number of benzene rings is 1. The Hall–Kier alpha value is -2.01. The highest BCUT2D eigenvalue weighted by Gasteiger charge is 2.29. The molecule has 2 saturated heterocycles. The smallest absolute Gasteiger partial charge is 0.243 e. The molecule has 2 heterocycles. The maximum absolute atomic E-state index is 12.7. The van der Waals surface area contributed by atoms with Crippen molar-refractivity contribution in [1.29, 1.82) is 0 Å². The van der Waals surface area contributed by atoms with Crippen molar-refractivity contribution in [2.75, 3.05) is 44.7 Å². The topological polar surface area (TPSA) is 117 Å². The van der Waals surface area contributed by atoms with E-state index < -0.39 is 16.1 Å². The molecule has 1 aromatic carbocycles. The van der Waals surface area contributed by atoms with Crippen LogP contribution in [-0.4, -0.2) is 70.0 Å². The molecule has 2 fully saturated rings. The normalized spacial score (nSPS) is 22.2. The summed E-state index contributed by atoms with van der Waals surface area (Å²) in [5.74, 6) is -0.616. The summed E-state index contributed by atoms with van der Waals surface area (Å²) >= 11 is 0. The van der Waals surface area contributed by atoms with Gasteiger partial charge in [-0.05, 0) is 18.2 Å². The first kappa shape index (κ1) is 17.8. The van der Waals surface area contributed by atoms with Crippen LogP contribution >= 0.6 is 0 Å². The van der Waals surface area contributed by atoms with E-state index >= 15 is 0 Å². The van der Waals surface area contributed by atoms with Crippen molar-refractivity contribution in [3.63, 3.8) is 0 Å². The number of carbonyl (C=O) groups is 2. The fourth-order valence-corrected chi connectivity index (χ4v) is 4.11. The highest BCUT2D eigenvalue weighted by Crippen LogP contribution is 2.20. The van der Waals surface area contributed by atoms with Gasteiger partial charge in [-0.3, -0.25) is 9.59 Å². The second kappa shape index (κ2) is 7.48. The molecule has 10 heteroatoms. The Morgan fingerprint density at radius 2 is 2.16 bits per heavy atom. The summed E-state index contributed by atoms with van der Waals surface area (Å²) in [4.78, 5) is 23.7. The van der Waals surface area contributed by atoms with Crippen LogP contribution in [0.5, 0.6) is 0 Å². The number of nitrogens with zero attached hydrogens (tertiary/aromatic N) is 1. The molecular weight excluding hydrogens is 348 g/mol. The van der Waals surface area contributed by atoms with E-state index in [0.717, 1.165) is 4.31 Å². The van der Waals surface area contributed by atoms with Crippen molar-refractivity contribution >= 4 is 27.5 Å². The van der Waals surface area contributed by atoms with E-state index in [1.54, 1.807) is 12.1 Å². The van der Waals surface area contributed by atoms with Gasteiger partial charge in [0.05, 0.1) is 24.7 Å². The van der Waals surface area contributed by atoms with Crippen LogP contribution in [0.3, 0.4) is 0 Å². The number of amides is 2. The zero-order valence-electron chi connectivity index (χ0n) is 13.5. The number of hydrogen-bond donors (Lipinski definition) is 3. The third-order valence-electron chi connectivity index (χ3n) is 3.98. The van der Waals surface area contributed by atoms with Crippen molar-refractivity contribution in [1.82, 2.24) is 14.9 Å². The molecule has 0 aromatic heterocycles. The van der Waals surface area contributed by atoms with Gasteiger partial charge in [-0.1, -0.05) is 6.07 Å². The predicted molar refractivity (Wildman–Crippen MR) is 89.4 cm³/mol. The summed E-state index contributed by atoms with van der Waals surface area (Å²) in [6.07, 6.45) is 0. The van der Waals surface area contributed by atoms with Crippen molar-refractivity contribution in [2.24, 2.45) is 0 Å². The average Bonchev–Trinajstić information content (AvgIpc) is 2.62. The second-order valence-corrected chi connectivity index (χ2v) is 7.73. The number of morpholine rings is 1. The van der Waals surface area contributed by atoms with Gasteiger partial charge < -0.3 is 20.7 Å². The highest BCUT2D eigenvalue weighted by atomic mass is 32.2. The Bertz CT molecular complexity index is 761. The number of ether oxygens (including phenoxy) is 1. The molecule has 9 nitrogen and oxygen atoms in total. The lowest BCUT2D eigenvalue weighted by atomic mass is 10.2. The summed E-state index contributed by atoms with van der Waals surface area (Å²) in [7, 11) is -3.80. The molecule has 25 heavy (non-hydrogen) atoms. The molecule has 3 rings (SSSR count). The molecule has 1 atom stereocenters. The van der Waals surface area contributed by atoms with Gasteiger partial charge >= 0.3 is 0 Å². The molecule has 3 N–H and O–H groups in total. The Labute approximate surface area is 145 Å². The van der Waals surface area contributed by atoms with E-state index in [0.29, 0.717) is 18.8 Å². The first-order valence-electron chi connectivity index (χ1n) is 7.96. The summed E-state index contributed by atoms with van der Waals surface area (Å²) < 4.78 is 31.7. The van der Waals surface area contributed by atoms with Gasteiger partial charge in [0.1, 0.15) is 6.04 Å². The number of anilines is 1. The van der Waals surface area contributed by atoms with Crippen LogP contribution in [-0.2, 0) is 24.3 Å². The Kier molecular flexibility index (Phi) is 5.33. The number of rotatable bonds is 4. The van der Waals surface area contributed by atoms with Crippen LogP contribution in [0.25, 0.3) is 0 Å². The number of piperazine rings is 1. The molecule has 0 radical (unpaired) electrons. The van der Waals surface area contributed by atoms with Crippen LogP contribution in [0.1, 0.15) is 0 Å². The van der Waals surface area contributed by atoms with Crippen LogP contribution in [0, 0.1) is 0 Å². The average molecular weight is 368 g/mol. The lowest BCUT2D eigenvalue weighted by molar-refractivity contribution is -0.122. The van der Waals surface area contributed by atoms with Crippen LogP contribution in [0.15, 0.2) is 29.2 Å². The summed E-state index contributed by atoms with van der Waals surface area (Å²) in [6, 6.07) is 5.53. The van der Waals surface area contributed by atoms with E-state index in [-0.39, 0.29) is 43.0 Å². The number of nitrogens with one attached hydrogen (secondary N) is 3. The SMILES string of the molecule is O=C1CN(S(=O)(=O)c2cccc(NC(=O)C3COCCN3)c2)CCN1. The molecular formula is C15H20N4O5S. The first-order valence-corrected chi connectivity index (χ1v) is 9.40. The molecule has 0 bridgehead atoms. The maximum atomic E-state index is 12.7. The highest BCUT2D eigenvalue weighted by molar-refractivity contribution is 7.89. The van der Waals surface area contributed by atoms with Gasteiger partial charge in [0.2, 0.25) is 21.8 Å². The zero-order chi connectivity index (χ0) is 17.9. The summed E-state index contributed by atoms with van der Waals surface area (Å²) in [5, 5.41) is 8.31. The summed E-state index contributed by atoms with van der Waals surface area (Å²) in [6.45, 7) is 1.70. The summed E-state index contributed by atoms with van der Waals surface area (Å²) in [5.41, 5.74) is 0.375. The van der Waals surface area contributed by atoms with E-state index in [4.69, 9.17) is 4.74 Å². The lowest BCUT2D eigenvalue weighted by Gasteiger charge is -2.26. The molecule has 0 spiro atoms. The largest absolute Gasteiger partial charge is 0.378 e. The van der Waals surface area contributed by atoms with Crippen LogP contribution in [0.2, 0.25) is 0 Å². The number of sulfonamides is 1. The van der Waals surface area contributed by atoms with Gasteiger partial charge in [-0.25, -0.2) is 8.42 Å². The van der Waals surface area contributed by atoms with E-state index in [9.17, 15) is 18.0 Å². The molecule has 136 valence electrons. The molecule has 2 aliphatic heterocycles. The van der Waals surface area contributed by atoms with E-state index in [1.165, 1.54) is 12.1 Å². The van der Waals surface area contributed by atoms with Crippen LogP contribution in [0.4, 0.5) is 5.69 Å². The van der Waals surface area contributed by atoms with E-state index in [2.05, 4.69) is 16.0 Å². The van der Waals surface area contributed by atoms with Gasteiger partial charge in [0, 0.05) is 25.3 Å². The Morgan fingerprint density at radius 1 is 1.32 bits per heavy atom. The van der Waals surface area contributed by atoms with Gasteiger partial charge in [0.25, 0.3) is 0 Å². The van der Waals surface area contributed by atoms with Crippen molar-refractivity contribution in [2.45, 2.75) is 10.9 Å². The Balaban J connectivity index is 1.74. The van der Waals surface area contributed by atoms with Gasteiger partial charge in [-0.2, -0.15) is 4.31 Å². The van der Waals surface area contributed by atoms with Crippen molar-refractivity contribution in [3.8, 4) is 0 Å². The van der Waals surface area contributed by atoms with E-state index in [1.807, 2.05) is 0 Å². The maximum Gasteiger partial charge on any atom is 0.243 e. The predicted octanol–water partition coefficient (Wildman–Crippen LogP) is -1.27. The molecule has 1 aromatic rings. The standard InChI is InChI=1S/C15H20N4O5S/c20-14-9-19(6-4-17-14)25(22,23)12-3-1-2-11(8-12)18-15(21)13-10-24-7-5-16-13/h1-3,8,13,16H,4-7,9-10H2,(H,17,20)(H,18,21). The molecule has 2 aliphatic rings. The van der Waals surface area contributed by atoms with Gasteiger partial charge in [-0.15, -0.1) is 0 Å². The number of carbonyl (C=O) groups excluding carboxylic acids is 2. The second-order valence-electron chi connectivity index (χ2n) is 5.79. The third-order valence-corrected chi connectivity index (χ3v) is 5.82.